The van der Waals surface area contributed by atoms with Crippen LogP contribution in [0, 0.1) is 6.92 Å². The van der Waals surface area contributed by atoms with Gasteiger partial charge in [-0.05, 0) is 36.8 Å². The van der Waals surface area contributed by atoms with Gasteiger partial charge in [-0.25, -0.2) is 9.78 Å². The standard InChI is InChI=1S/C14H12N2O3/c1-9-3-2-4-11(7-9)16-13(17)10-5-6-15-12(8-10)14(18)19/h2-8H,1H3,(H,16,17)(H,18,19). The Morgan fingerprint density at radius 2 is 2.00 bits per heavy atom. The number of aromatic nitrogens is 1. The Labute approximate surface area is 109 Å². The molecule has 1 aromatic carbocycles. The molecule has 0 aliphatic rings. The Balaban J connectivity index is 2.20. The molecule has 5 nitrogen and oxygen atoms in total. The van der Waals surface area contributed by atoms with Crippen LogP contribution in [0.2, 0.25) is 0 Å². The molecule has 0 aliphatic carbocycles. The van der Waals surface area contributed by atoms with Gasteiger partial charge < -0.3 is 10.4 Å². The highest BCUT2D eigenvalue weighted by Gasteiger charge is 2.10. The van der Waals surface area contributed by atoms with Crippen molar-refractivity contribution < 1.29 is 14.7 Å². The van der Waals surface area contributed by atoms with E-state index in [2.05, 4.69) is 10.3 Å². The lowest BCUT2D eigenvalue weighted by molar-refractivity contribution is 0.0690. The lowest BCUT2D eigenvalue weighted by atomic mass is 10.2. The topological polar surface area (TPSA) is 79.3 Å². The van der Waals surface area contributed by atoms with Crippen LogP contribution in [0.3, 0.4) is 0 Å². The molecule has 1 heterocycles. The number of anilines is 1. The van der Waals surface area contributed by atoms with Crippen LogP contribution in [-0.4, -0.2) is 22.0 Å². The van der Waals surface area contributed by atoms with Gasteiger partial charge in [0.2, 0.25) is 0 Å². The van der Waals surface area contributed by atoms with Crippen LogP contribution in [0.25, 0.3) is 0 Å². The van der Waals surface area contributed by atoms with Crippen LogP contribution in [-0.2, 0) is 0 Å². The molecule has 0 atom stereocenters. The first-order valence-electron chi connectivity index (χ1n) is 5.63. The Hall–Kier alpha value is -2.69. The van der Waals surface area contributed by atoms with E-state index in [0.29, 0.717) is 5.69 Å². The van der Waals surface area contributed by atoms with E-state index in [4.69, 9.17) is 5.11 Å². The zero-order chi connectivity index (χ0) is 13.8. The maximum Gasteiger partial charge on any atom is 0.354 e. The zero-order valence-electron chi connectivity index (χ0n) is 10.3. The summed E-state index contributed by atoms with van der Waals surface area (Å²) in [4.78, 5) is 26.4. The maximum absolute atomic E-state index is 12.0. The second-order valence-electron chi connectivity index (χ2n) is 4.06. The summed E-state index contributed by atoms with van der Waals surface area (Å²) in [6.07, 6.45) is 1.30. The molecular weight excluding hydrogens is 244 g/mol. The lowest BCUT2D eigenvalue weighted by Gasteiger charge is -2.06. The van der Waals surface area contributed by atoms with Crippen molar-refractivity contribution in [2.75, 3.05) is 5.32 Å². The number of aromatic carboxylic acids is 1. The lowest BCUT2D eigenvalue weighted by Crippen LogP contribution is -2.13. The number of carboxylic acids is 1. The van der Waals surface area contributed by atoms with Crippen molar-refractivity contribution in [1.29, 1.82) is 0 Å². The number of hydrogen-bond donors (Lipinski definition) is 2. The molecule has 1 aromatic heterocycles. The molecule has 0 saturated carbocycles. The Morgan fingerprint density at radius 3 is 2.68 bits per heavy atom. The molecule has 19 heavy (non-hydrogen) atoms. The number of hydrogen-bond acceptors (Lipinski definition) is 3. The van der Waals surface area contributed by atoms with Crippen LogP contribution in [0.4, 0.5) is 5.69 Å². The fourth-order valence-electron chi connectivity index (χ4n) is 1.61. The number of rotatable bonds is 3. The minimum absolute atomic E-state index is 0.156. The van der Waals surface area contributed by atoms with Gasteiger partial charge in [-0.3, -0.25) is 4.79 Å². The van der Waals surface area contributed by atoms with Crippen LogP contribution in [0.1, 0.15) is 26.4 Å². The Kier molecular flexibility index (Phi) is 3.56. The van der Waals surface area contributed by atoms with E-state index in [1.54, 1.807) is 6.07 Å². The predicted octanol–water partition coefficient (Wildman–Crippen LogP) is 2.34. The summed E-state index contributed by atoms with van der Waals surface area (Å²) >= 11 is 0. The van der Waals surface area contributed by atoms with E-state index < -0.39 is 5.97 Å². The van der Waals surface area contributed by atoms with Crippen molar-refractivity contribution in [3.8, 4) is 0 Å². The molecule has 0 bridgehead atoms. The highest BCUT2D eigenvalue weighted by atomic mass is 16.4. The van der Waals surface area contributed by atoms with E-state index in [-0.39, 0.29) is 17.2 Å². The van der Waals surface area contributed by atoms with Gasteiger partial charge in [-0.2, -0.15) is 0 Å². The maximum atomic E-state index is 12.0. The average molecular weight is 256 g/mol. The third kappa shape index (κ3) is 3.16. The van der Waals surface area contributed by atoms with Crippen LogP contribution < -0.4 is 5.32 Å². The third-order valence-corrected chi connectivity index (χ3v) is 2.52. The Morgan fingerprint density at radius 1 is 1.21 bits per heavy atom. The number of carbonyl (C=O) groups excluding carboxylic acids is 1. The minimum atomic E-state index is -1.16. The smallest absolute Gasteiger partial charge is 0.354 e. The first-order chi connectivity index (χ1) is 9.06. The normalized spacial score (nSPS) is 9.95. The first kappa shape index (κ1) is 12.8. The van der Waals surface area contributed by atoms with Gasteiger partial charge >= 0.3 is 5.97 Å². The van der Waals surface area contributed by atoms with Gasteiger partial charge in [-0.15, -0.1) is 0 Å². The van der Waals surface area contributed by atoms with Gasteiger partial charge in [0.1, 0.15) is 5.69 Å². The highest BCUT2D eigenvalue weighted by Crippen LogP contribution is 2.11. The van der Waals surface area contributed by atoms with Crippen molar-refractivity contribution in [3.63, 3.8) is 0 Å². The van der Waals surface area contributed by atoms with E-state index in [9.17, 15) is 9.59 Å². The van der Waals surface area contributed by atoms with Crippen LogP contribution in [0.15, 0.2) is 42.6 Å². The quantitative estimate of drug-likeness (QED) is 0.883. The monoisotopic (exact) mass is 256 g/mol. The third-order valence-electron chi connectivity index (χ3n) is 2.52. The second-order valence-corrected chi connectivity index (χ2v) is 4.06. The molecule has 0 radical (unpaired) electrons. The van der Waals surface area contributed by atoms with Gasteiger partial charge in [0.25, 0.3) is 5.91 Å². The average Bonchev–Trinajstić information content (AvgIpc) is 2.39. The first-order valence-corrected chi connectivity index (χ1v) is 5.63. The van der Waals surface area contributed by atoms with Gasteiger partial charge in [0.05, 0.1) is 0 Å². The molecule has 0 aliphatic heterocycles. The van der Waals surface area contributed by atoms with Crippen LogP contribution >= 0.6 is 0 Å². The molecular formula is C14H12N2O3. The fourth-order valence-corrected chi connectivity index (χ4v) is 1.61. The van der Waals surface area contributed by atoms with Gasteiger partial charge in [-0.1, -0.05) is 12.1 Å². The number of carbonyl (C=O) groups is 2. The van der Waals surface area contributed by atoms with E-state index in [1.807, 2.05) is 25.1 Å². The Bertz CT molecular complexity index is 638. The fraction of sp³-hybridized carbons (Fsp3) is 0.0714. The predicted molar refractivity (Wildman–Crippen MR) is 70.3 cm³/mol. The largest absolute Gasteiger partial charge is 0.477 e. The molecule has 96 valence electrons. The number of amides is 1. The number of aryl methyl sites for hydroxylation is 1. The van der Waals surface area contributed by atoms with E-state index in [0.717, 1.165) is 5.56 Å². The summed E-state index contributed by atoms with van der Waals surface area (Å²) in [5.74, 6) is -1.53. The second kappa shape index (κ2) is 5.30. The summed E-state index contributed by atoms with van der Waals surface area (Å²) in [5.41, 5.74) is 1.79. The molecule has 2 rings (SSSR count). The number of nitrogens with zero attached hydrogens (tertiary/aromatic N) is 1. The summed E-state index contributed by atoms with van der Waals surface area (Å²) in [6, 6.07) is 10.1. The summed E-state index contributed by atoms with van der Waals surface area (Å²) < 4.78 is 0. The SMILES string of the molecule is Cc1cccc(NC(=O)c2ccnc(C(=O)O)c2)c1. The van der Waals surface area contributed by atoms with Gasteiger partial charge in [0, 0.05) is 17.4 Å². The molecule has 5 heteroatoms. The summed E-state index contributed by atoms with van der Waals surface area (Å²) in [7, 11) is 0. The van der Waals surface area contributed by atoms with Crippen molar-refractivity contribution in [1.82, 2.24) is 4.98 Å². The molecule has 1 amide bonds. The van der Waals surface area contributed by atoms with Crippen LogP contribution in [0.5, 0.6) is 0 Å². The van der Waals surface area contributed by atoms with E-state index in [1.165, 1.54) is 18.3 Å². The molecule has 2 aromatic rings. The highest BCUT2D eigenvalue weighted by molar-refractivity contribution is 6.05. The van der Waals surface area contributed by atoms with Gasteiger partial charge in [0.15, 0.2) is 0 Å². The molecule has 0 fully saturated rings. The number of carboxylic acid groups (broad SMARTS) is 1. The van der Waals surface area contributed by atoms with Crippen molar-refractivity contribution in [2.45, 2.75) is 6.92 Å². The van der Waals surface area contributed by atoms with Crippen molar-refractivity contribution in [2.24, 2.45) is 0 Å². The summed E-state index contributed by atoms with van der Waals surface area (Å²) in [5, 5.41) is 11.5. The zero-order valence-corrected chi connectivity index (χ0v) is 10.3. The molecule has 0 spiro atoms. The molecule has 0 unspecified atom stereocenters. The van der Waals surface area contributed by atoms with Crippen molar-refractivity contribution in [3.05, 3.63) is 59.4 Å². The number of nitrogens with one attached hydrogen (secondary N) is 1. The van der Waals surface area contributed by atoms with Crippen molar-refractivity contribution >= 4 is 17.6 Å². The summed E-state index contributed by atoms with van der Waals surface area (Å²) in [6.45, 7) is 1.92. The van der Waals surface area contributed by atoms with E-state index >= 15 is 0 Å². The number of pyridine rings is 1. The molecule has 2 N–H and O–H groups in total. The number of benzene rings is 1. The molecule has 0 saturated heterocycles. The minimum Gasteiger partial charge on any atom is -0.477 e.